The lowest BCUT2D eigenvalue weighted by Crippen LogP contribution is -2.38. The zero-order chi connectivity index (χ0) is 11.8. The van der Waals surface area contributed by atoms with Crippen molar-refractivity contribution in [3.8, 4) is 0 Å². The third kappa shape index (κ3) is 6.50. The first-order valence-electron chi connectivity index (χ1n) is 5.91. The van der Waals surface area contributed by atoms with Crippen molar-refractivity contribution in [3.05, 3.63) is 0 Å². The van der Waals surface area contributed by atoms with E-state index in [4.69, 9.17) is 10.5 Å². The fraction of sp³-hybridized carbons (Fsp3) is 0.917. The van der Waals surface area contributed by atoms with Crippen LogP contribution in [0.1, 0.15) is 47.0 Å². The van der Waals surface area contributed by atoms with Crippen molar-refractivity contribution >= 4 is 5.97 Å². The van der Waals surface area contributed by atoms with Crippen LogP contribution in [0.15, 0.2) is 0 Å². The number of carbonyl (C=O) groups excluding carboxylic acids is 1. The van der Waals surface area contributed by atoms with Crippen LogP contribution >= 0.6 is 0 Å². The minimum Gasteiger partial charge on any atom is -0.465 e. The monoisotopic (exact) mass is 215 g/mol. The molecule has 0 saturated carbocycles. The number of ether oxygens (including phenoxy) is 1. The standard InChI is InChI=1S/C12H25NO2/c1-5-10(4)11(13)12(14)15-8-6-7-9(2)3/h9-11H,5-8,13H2,1-4H3/t10-,11-/m0/s1. The summed E-state index contributed by atoms with van der Waals surface area (Å²) in [5, 5.41) is 0. The topological polar surface area (TPSA) is 52.3 Å². The molecule has 0 aliphatic carbocycles. The summed E-state index contributed by atoms with van der Waals surface area (Å²) in [4.78, 5) is 11.4. The van der Waals surface area contributed by atoms with Crippen LogP contribution in [0.5, 0.6) is 0 Å². The van der Waals surface area contributed by atoms with E-state index in [2.05, 4.69) is 13.8 Å². The molecule has 0 aliphatic rings. The van der Waals surface area contributed by atoms with Crippen molar-refractivity contribution in [1.82, 2.24) is 0 Å². The van der Waals surface area contributed by atoms with E-state index >= 15 is 0 Å². The molecule has 0 spiro atoms. The lowest BCUT2D eigenvalue weighted by atomic mass is 10.0. The van der Waals surface area contributed by atoms with Crippen LogP contribution in [0.3, 0.4) is 0 Å². The van der Waals surface area contributed by atoms with Gasteiger partial charge in [-0.2, -0.15) is 0 Å². The fourth-order valence-electron chi connectivity index (χ4n) is 1.25. The number of hydrogen-bond donors (Lipinski definition) is 1. The van der Waals surface area contributed by atoms with E-state index in [-0.39, 0.29) is 11.9 Å². The van der Waals surface area contributed by atoms with Crippen LogP contribution < -0.4 is 5.73 Å². The van der Waals surface area contributed by atoms with Crippen molar-refractivity contribution in [2.75, 3.05) is 6.61 Å². The summed E-state index contributed by atoms with van der Waals surface area (Å²) in [6.07, 6.45) is 2.92. The molecule has 0 aromatic heterocycles. The summed E-state index contributed by atoms with van der Waals surface area (Å²) < 4.78 is 5.11. The van der Waals surface area contributed by atoms with Crippen LogP contribution in [0.4, 0.5) is 0 Å². The summed E-state index contributed by atoms with van der Waals surface area (Å²) in [5.41, 5.74) is 5.74. The van der Waals surface area contributed by atoms with Gasteiger partial charge in [-0.25, -0.2) is 0 Å². The smallest absolute Gasteiger partial charge is 0.323 e. The molecule has 90 valence electrons. The molecule has 2 N–H and O–H groups in total. The molecular formula is C12H25NO2. The van der Waals surface area contributed by atoms with Crippen molar-refractivity contribution in [3.63, 3.8) is 0 Å². The fourth-order valence-corrected chi connectivity index (χ4v) is 1.25. The SMILES string of the molecule is CC[C@H](C)[C@H](N)C(=O)OCCCC(C)C. The van der Waals surface area contributed by atoms with Gasteiger partial charge >= 0.3 is 5.97 Å². The lowest BCUT2D eigenvalue weighted by molar-refractivity contribution is -0.146. The molecule has 0 aliphatic heterocycles. The molecule has 0 aromatic carbocycles. The third-order valence-electron chi connectivity index (χ3n) is 2.70. The van der Waals surface area contributed by atoms with Gasteiger partial charge in [-0.1, -0.05) is 34.1 Å². The van der Waals surface area contributed by atoms with E-state index in [0.717, 1.165) is 19.3 Å². The highest BCUT2D eigenvalue weighted by molar-refractivity contribution is 5.75. The van der Waals surface area contributed by atoms with Crippen LogP contribution in [0.25, 0.3) is 0 Å². The summed E-state index contributed by atoms with van der Waals surface area (Å²) in [6, 6.07) is -0.464. The Kier molecular flexibility index (Phi) is 7.39. The van der Waals surface area contributed by atoms with E-state index < -0.39 is 6.04 Å². The van der Waals surface area contributed by atoms with Crippen molar-refractivity contribution < 1.29 is 9.53 Å². The Labute approximate surface area is 93.4 Å². The first kappa shape index (κ1) is 14.4. The van der Waals surface area contributed by atoms with Gasteiger partial charge in [-0.15, -0.1) is 0 Å². The molecule has 3 heteroatoms. The largest absolute Gasteiger partial charge is 0.465 e. The van der Waals surface area contributed by atoms with Crippen LogP contribution in [-0.2, 0) is 9.53 Å². The second kappa shape index (κ2) is 7.69. The van der Waals surface area contributed by atoms with Crippen molar-refractivity contribution in [2.24, 2.45) is 17.6 Å². The maximum atomic E-state index is 11.4. The van der Waals surface area contributed by atoms with Gasteiger partial charge < -0.3 is 10.5 Å². The van der Waals surface area contributed by atoms with Gasteiger partial charge in [-0.05, 0) is 24.7 Å². The van der Waals surface area contributed by atoms with E-state index in [9.17, 15) is 4.79 Å². The van der Waals surface area contributed by atoms with Crippen LogP contribution in [0.2, 0.25) is 0 Å². The molecular weight excluding hydrogens is 190 g/mol. The molecule has 0 heterocycles. The minimum atomic E-state index is -0.464. The molecule has 2 atom stereocenters. The van der Waals surface area contributed by atoms with Crippen molar-refractivity contribution in [1.29, 1.82) is 0 Å². The average molecular weight is 215 g/mol. The Bertz CT molecular complexity index is 180. The van der Waals surface area contributed by atoms with E-state index in [1.54, 1.807) is 0 Å². The predicted molar refractivity (Wildman–Crippen MR) is 62.5 cm³/mol. The Morgan fingerprint density at radius 3 is 2.40 bits per heavy atom. The molecule has 15 heavy (non-hydrogen) atoms. The van der Waals surface area contributed by atoms with E-state index in [1.807, 2.05) is 13.8 Å². The van der Waals surface area contributed by atoms with Gasteiger partial charge in [0.2, 0.25) is 0 Å². The van der Waals surface area contributed by atoms with Crippen molar-refractivity contribution in [2.45, 2.75) is 53.0 Å². The Morgan fingerprint density at radius 2 is 1.93 bits per heavy atom. The molecule has 0 radical (unpaired) electrons. The molecule has 3 nitrogen and oxygen atoms in total. The maximum absolute atomic E-state index is 11.4. The van der Waals surface area contributed by atoms with E-state index in [0.29, 0.717) is 12.5 Å². The molecule has 0 amide bonds. The number of rotatable bonds is 7. The molecule has 0 rings (SSSR count). The molecule has 0 aromatic rings. The zero-order valence-electron chi connectivity index (χ0n) is 10.5. The normalized spacial score (nSPS) is 15.1. The predicted octanol–water partition coefficient (Wildman–Crippen LogP) is 2.34. The summed E-state index contributed by atoms with van der Waals surface area (Å²) in [5.74, 6) is 0.600. The average Bonchev–Trinajstić information content (AvgIpc) is 2.21. The first-order chi connectivity index (χ1) is 6.99. The molecule has 0 saturated heterocycles. The van der Waals surface area contributed by atoms with E-state index in [1.165, 1.54) is 0 Å². The molecule has 0 bridgehead atoms. The van der Waals surface area contributed by atoms with Gasteiger partial charge in [0.25, 0.3) is 0 Å². The Morgan fingerprint density at radius 1 is 1.33 bits per heavy atom. The van der Waals surface area contributed by atoms with Gasteiger partial charge in [0, 0.05) is 0 Å². The number of hydrogen-bond acceptors (Lipinski definition) is 3. The first-order valence-corrected chi connectivity index (χ1v) is 5.91. The minimum absolute atomic E-state index is 0.197. The zero-order valence-corrected chi connectivity index (χ0v) is 10.5. The van der Waals surface area contributed by atoms with Gasteiger partial charge in [0.15, 0.2) is 0 Å². The van der Waals surface area contributed by atoms with Crippen LogP contribution in [-0.4, -0.2) is 18.6 Å². The highest BCUT2D eigenvalue weighted by Gasteiger charge is 2.20. The van der Waals surface area contributed by atoms with Crippen LogP contribution in [0, 0.1) is 11.8 Å². The second-order valence-electron chi connectivity index (χ2n) is 4.61. The Balaban J connectivity index is 3.65. The highest BCUT2D eigenvalue weighted by Crippen LogP contribution is 2.08. The number of carbonyl (C=O) groups is 1. The summed E-state index contributed by atoms with van der Waals surface area (Å²) >= 11 is 0. The maximum Gasteiger partial charge on any atom is 0.323 e. The summed E-state index contributed by atoms with van der Waals surface area (Å²) in [6.45, 7) is 8.82. The molecule has 0 unspecified atom stereocenters. The quantitative estimate of drug-likeness (QED) is 0.524. The number of nitrogens with two attached hydrogens (primary N) is 1. The second-order valence-corrected chi connectivity index (χ2v) is 4.61. The van der Waals surface area contributed by atoms with Gasteiger partial charge in [0.05, 0.1) is 6.61 Å². The summed E-state index contributed by atoms with van der Waals surface area (Å²) in [7, 11) is 0. The lowest BCUT2D eigenvalue weighted by Gasteiger charge is -2.16. The number of esters is 1. The third-order valence-corrected chi connectivity index (χ3v) is 2.70. The van der Waals surface area contributed by atoms with Gasteiger partial charge in [0.1, 0.15) is 6.04 Å². The highest BCUT2D eigenvalue weighted by atomic mass is 16.5. The van der Waals surface area contributed by atoms with Gasteiger partial charge in [-0.3, -0.25) is 4.79 Å². The Hall–Kier alpha value is -0.570. The molecule has 0 fully saturated rings.